The number of nitrogens with one attached hydrogen (secondary N) is 1. The van der Waals surface area contributed by atoms with Crippen molar-refractivity contribution in [3.8, 4) is 0 Å². The molecule has 0 spiro atoms. The van der Waals surface area contributed by atoms with Gasteiger partial charge in [-0.05, 0) is 32.0 Å². The number of pyridine rings is 1. The largest absolute Gasteiger partial charge is 0.433 e. The van der Waals surface area contributed by atoms with Gasteiger partial charge < -0.3 is 5.32 Å². The van der Waals surface area contributed by atoms with Crippen LogP contribution >= 0.6 is 0 Å². The summed E-state index contributed by atoms with van der Waals surface area (Å²) in [4.78, 5) is 3.75. The fourth-order valence-corrected chi connectivity index (χ4v) is 2.10. The highest BCUT2D eigenvalue weighted by Crippen LogP contribution is 2.30. The van der Waals surface area contributed by atoms with E-state index in [1.165, 1.54) is 6.07 Å². The molecule has 2 unspecified atom stereocenters. The first-order valence-electron chi connectivity index (χ1n) is 6.17. The first-order chi connectivity index (χ1) is 8.40. The van der Waals surface area contributed by atoms with E-state index in [-0.39, 0.29) is 12.0 Å². The number of alkyl halides is 3. The zero-order valence-electron chi connectivity index (χ0n) is 10.9. The van der Waals surface area contributed by atoms with Crippen LogP contribution in [0.4, 0.5) is 13.2 Å². The lowest BCUT2D eigenvalue weighted by Gasteiger charge is -2.23. The van der Waals surface area contributed by atoms with Crippen molar-refractivity contribution in [3.63, 3.8) is 0 Å². The maximum Gasteiger partial charge on any atom is 0.433 e. The molecule has 0 bridgehead atoms. The van der Waals surface area contributed by atoms with Gasteiger partial charge in [0.1, 0.15) is 5.69 Å². The highest BCUT2D eigenvalue weighted by Gasteiger charge is 2.33. The second-order valence-corrected chi connectivity index (χ2v) is 4.31. The van der Waals surface area contributed by atoms with Gasteiger partial charge >= 0.3 is 6.18 Å². The van der Waals surface area contributed by atoms with Crippen LogP contribution in [0.3, 0.4) is 0 Å². The molecule has 1 heterocycles. The molecule has 1 aromatic rings. The molecule has 2 atom stereocenters. The van der Waals surface area contributed by atoms with Crippen LogP contribution in [0.2, 0.25) is 0 Å². The fraction of sp³-hybridized carbons (Fsp3) is 0.615. The zero-order chi connectivity index (χ0) is 13.8. The van der Waals surface area contributed by atoms with Crippen molar-refractivity contribution in [3.05, 3.63) is 29.6 Å². The van der Waals surface area contributed by atoms with Gasteiger partial charge in [-0.3, -0.25) is 0 Å². The van der Waals surface area contributed by atoms with Gasteiger partial charge in [0, 0.05) is 17.7 Å². The molecule has 0 radical (unpaired) electrons. The summed E-state index contributed by atoms with van der Waals surface area (Å²) in [5, 5.41) is 3.23. The minimum Gasteiger partial charge on any atom is -0.314 e. The van der Waals surface area contributed by atoms with Crippen molar-refractivity contribution < 1.29 is 13.2 Å². The van der Waals surface area contributed by atoms with Gasteiger partial charge in [-0.25, -0.2) is 4.98 Å². The Morgan fingerprint density at radius 3 is 2.44 bits per heavy atom. The van der Waals surface area contributed by atoms with E-state index in [1.54, 1.807) is 6.07 Å². The first-order valence-corrected chi connectivity index (χ1v) is 6.17. The Hall–Kier alpha value is -1.10. The number of halogens is 3. The van der Waals surface area contributed by atoms with Gasteiger partial charge in [0.05, 0.1) is 0 Å². The predicted octanol–water partition coefficient (Wildman–Crippen LogP) is 3.59. The van der Waals surface area contributed by atoms with E-state index in [4.69, 9.17) is 0 Å². The van der Waals surface area contributed by atoms with E-state index in [0.29, 0.717) is 5.69 Å². The minimum atomic E-state index is -4.38. The molecule has 0 aromatic carbocycles. The summed E-state index contributed by atoms with van der Waals surface area (Å²) in [5.41, 5.74) is -0.317. The molecule has 0 fully saturated rings. The molecular formula is C13H19F3N2. The highest BCUT2D eigenvalue weighted by atomic mass is 19.4. The van der Waals surface area contributed by atoms with Gasteiger partial charge in [-0.2, -0.15) is 13.2 Å². The van der Waals surface area contributed by atoms with Crippen LogP contribution < -0.4 is 5.32 Å². The number of likely N-dealkylation sites (N-methyl/N-ethyl adjacent to an activating group) is 1. The van der Waals surface area contributed by atoms with Crippen LogP contribution in [-0.4, -0.2) is 17.6 Å². The lowest BCUT2D eigenvalue weighted by molar-refractivity contribution is -0.141. The number of nitrogens with zero attached hydrogens (tertiary/aromatic N) is 1. The van der Waals surface area contributed by atoms with Crippen LogP contribution in [0.1, 0.15) is 44.5 Å². The Morgan fingerprint density at radius 1 is 1.28 bits per heavy atom. The topological polar surface area (TPSA) is 24.9 Å². The average molecular weight is 260 g/mol. The van der Waals surface area contributed by atoms with Crippen LogP contribution in [-0.2, 0) is 6.18 Å². The van der Waals surface area contributed by atoms with Gasteiger partial charge in [0.15, 0.2) is 0 Å². The molecule has 0 amide bonds. The summed E-state index contributed by atoms with van der Waals surface area (Å²) in [7, 11) is 0. The van der Waals surface area contributed by atoms with E-state index < -0.39 is 11.9 Å². The van der Waals surface area contributed by atoms with E-state index in [9.17, 15) is 13.2 Å². The van der Waals surface area contributed by atoms with Crippen LogP contribution in [0, 0.1) is 0 Å². The van der Waals surface area contributed by atoms with E-state index >= 15 is 0 Å². The maximum absolute atomic E-state index is 12.6. The maximum atomic E-state index is 12.6. The van der Waals surface area contributed by atoms with Gasteiger partial charge in [-0.1, -0.05) is 19.9 Å². The number of aromatic nitrogens is 1. The van der Waals surface area contributed by atoms with E-state index in [2.05, 4.69) is 10.3 Å². The predicted molar refractivity (Wildman–Crippen MR) is 65.4 cm³/mol. The molecule has 0 aliphatic heterocycles. The summed E-state index contributed by atoms with van der Waals surface area (Å²) in [6.45, 7) is 6.69. The molecule has 1 rings (SSSR count). The highest BCUT2D eigenvalue weighted by molar-refractivity contribution is 5.18. The molecular weight excluding hydrogens is 241 g/mol. The fourth-order valence-electron chi connectivity index (χ4n) is 2.10. The van der Waals surface area contributed by atoms with E-state index in [0.717, 1.165) is 19.0 Å². The lowest BCUT2D eigenvalue weighted by Crippen LogP contribution is -2.32. The summed E-state index contributed by atoms with van der Waals surface area (Å²) in [6.07, 6.45) is -3.63. The molecule has 1 aromatic heterocycles. The third kappa shape index (κ3) is 3.70. The molecule has 0 saturated heterocycles. The molecule has 2 nitrogen and oxygen atoms in total. The molecule has 1 N–H and O–H groups in total. The molecule has 5 heteroatoms. The number of hydrogen-bond acceptors (Lipinski definition) is 2. The summed E-state index contributed by atoms with van der Waals surface area (Å²) >= 11 is 0. The lowest BCUT2D eigenvalue weighted by atomic mass is 9.94. The summed E-state index contributed by atoms with van der Waals surface area (Å²) in [5.74, 6) is -0.00718. The van der Waals surface area contributed by atoms with E-state index in [1.807, 2.05) is 20.8 Å². The Labute approximate surface area is 106 Å². The van der Waals surface area contributed by atoms with Crippen molar-refractivity contribution >= 4 is 0 Å². The zero-order valence-corrected chi connectivity index (χ0v) is 10.9. The number of rotatable bonds is 5. The van der Waals surface area contributed by atoms with Gasteiger partial charge in [-0.15, -0.1) is 0 Å². The van der Waals surface area contributed by atoms with Crippen LogP contribution in [0.5, 0.6) is 0 Å². The molecule has 0 aliphatic carbocycles. The quantitative estimate of drug-likeness (QED) is 0.875. The molecule has 18 heavy (non-hydrogen) atoms. The SMILES string of the molecule is CCNC(C)C(CC)c1cccc(C(F)(F)F)n1. The Bertz CT molecular complexity index is 377. The van der Waals surface area contributed by atoms with Crippen LogP contribution in [0.15, 0.2) is 18.2 Å². The molecule has 0 aliphatic rings. The average Bonchev–Trinajstić information content (AvgIpc) is 2.29. The Morgan fingerprint density at radius 2 is 1.94 bits per heavy atom. The second-order valence-electron chi connectivity index (χ2n) is 4.31. The monoisotopic (exact) mass is 260 g/mol. The summed E-state index contributed by atoms with van der Waals surface area (Å²) < 4.78 is 37.8. The van der Waals surface area contributed by atoms with Crippen molar-refractivity contribution in [1.82, 2.24) is 10.3 Å². The smallest absolute Gasteiger partial charge is 0.314 e. The minimum absolute atomic E-state index is 0.00718. The van der Waals surface area contributed by atoms with Crippen LogP contribution in [0.25, 0.3) is 0 Å². The van der Waals surface area contributed by atoms with Crippen molar-refractivity contribution in [2.45, 2.75) is 45.3 Å². The third-order valence-electron chi connectivity index (χ3n) is 3.01. The standard InChI is InChI=1S/C13H19F3N2/c1-4-10(9(3)17-5-2)11-7-6-8-12(18-11)13(14,15)16/h6-10,17H,4-5H2,1-3H3. The van der Waals surface area contributed by atoms with Crippen molar-refractivity contribution in [1.29, 1.82) is 0 Å². The Balaban J connectivity index is 3.00. The van der Waals surface area contributed by atoms with Crippen molar-refractivity contribution in [2.75, 3.05) is 6.54 Å². The first kappa shape index (κ1) is 15.0. The second kappa shape index (κ2) is 6.18. The number of hydrogen-bond donors (Lipinski definition) is 1. The normalized spacial score (nSPS) is 15.4. The third-order valence-corrected chi connectivity index (χ3v) is 3.01. The molecule has 102 valence electrons. The Kier molecular flexibility index (Phi) is 5.14. The summed E-state index contributed by atoms with van der Waals surface area (Å²) in [6, 6.07) is 4.20. The van der Waals surface area contributed by atoms with Crippen molar-refractivity contribution in [2.24, 2.45) is 0 Å². The van der Waals surface area contributed by atoms with Gasteiger partial charge in [0.25, 0.3) is 0 Å². The van der Waals surface area contributed by atoms with Gasteiger partial charge in [0.2, 0.25) is 0 Å². The molecule has 0 saturated carbocycles.